The lowest BCUT2D eigenvalue weighted by molar-refractivity contribution is -0.115. The van der Waals surface area contributed by atoms with Crippen molar-refractivity contribution in [2.75, 3.05) is 12.4 Å². The van der Waals surface area contributed by atoms with E-state index in [1.807, 2.05) is 45.0 Å². The molecule has 3 rings (SSSR count). The summed E-state index contributed by atoms with van der Waals surface area (Å²) >= 11 is 0. The number of nitrogens with one attached hydrogen (secondary N) is 2. The van der Waals surface area contributed by atoms with Crippen LogP contribution in [0.5, 0.6) is 0 Å². The van der Waals surface area contributed by atoms with Crippen molar-refractivity contribution in [3.05, 3.63) is 64.4 Å². The Morgan fingerprint density at radius 3 is 2.50 bits per heavy atom. The number of hydrogen-bond donors (Lipinski definition) is 2. The van der Waals surface area contributed by atoms with Crippen molar-refractivity contribution >= 4 is 28.5 Å². The summed E-state index contributed by atoms with van der Waals surface area (Å²) in [6, 6.07) is 9.41. The summed E-state index contributed by atoms with van der Waals surface area (Å²) in [6.45, 7) is 5.91. The minimum Gasteiger partial charge on any atom is -0.464 e. The van der Waals surface area contributed by atoms with E-state index in [2.05, 4.69) is 10.6 Å². The average molecular weight is 350 g/mol. The minimum atomic E-state index is -0.224. The highest BCUT2D eigenvalue weighted by molar-refractivity contribution is 6.05. The maximum Gasteiger partial charge on any atom is 0.253 e. The van der Waals surface area contributed by atoms with E-state index >= 15 is 0 Å². The molecule has 26 heavy (non-hydrogen) atoms. The highest BCUT2D eigenvalue weighted by Crippen LogP contribution is 2.26. The molecular weight excluding hydrogens is 328 g/mol. The largest absolute Gasteiger partial charge is 0.464 e. The Hall–Kier alpha value is -3.08. The summed E-state index contributed by atoms with van der Waals surface area (Å²) in [5, 5.41) is 6.41. The van der Waals surface area contributed by atoms with Crippen molar-refractivity contribution < 1.29 is 14.0 Å². The molecule has 0 fully saturated rings. The van der Waals surface area contributed by atoms with Crippen LogP contribution in [0.1, 0.15) is 32.6 Å². The molecule has 2 N–H and O–H groups in total. The Labute approximate surface area is 152 Å². The van der Waals surface area contributed by atoms with E-state index < -0.39 is 0 Å². The first-order valence-corrected chi connectivity index (χ1v) is 8.49. The number of carbonyl (C=O) groups is 2. The molecule has 2 aromatic carbocycles. The standard InChI is InChI=1S/C21H22N2O3/c1-12-6-5-7-17(20(12)21(25)22-4)23-19(24)10-15-11-26-18-9-14(3)13(2)8-16(15)18/h5-9,11H,10H2,1-4H3,(H,22,25)(H,23,24). The van der Waals surface area contributed by atoms with Gasteiger partial charge in [0.1, 0.15) is 5.58 Å². The van der Waals surface area contributed by atoms with Crippen LogP contribution in [0.2, 0.25) is 0 Å². The molecule has 3 aromatic rings. The predicted molar refractivity (Wildman–Crippen MR) is 103 cm³/mol. The molecule has 1 heterocycles. The van der Waals surface area contributed by atoms with Crippen molar-refractivity contribution in [2.45, 2.75) is 27.2 Å². The van der Waals surface area contributed by atoms with Crippen LogP contribution in [-0.4, -0.2) is 18.9 Å². The maximum atomic E-state index is 12.6. The van der Waals surface area contributed by atoms with E-state index in [0.717, 1.165) is 33.2 Å². The Morgan fingerprint density at radius 1 is 1.04 bits per heavy atom. The SMILES string of the molecule is CNC(=O)c1c(C)cccc1NC(=O)Cc1coc2cc(C)c(C)cc12. The van der Waals surface area contributed by atoms with E-state index in [4.69, 9.17) is 4.42 Å². The van der Waals surface area contributed by atoms with Gasteiger partial charge < -0.3 is 15.1 Å². The average Bonchev–Trinajstić information content (AvgIpc) is 2.96. The highest BCUT2D eigenvalue weighted by atomic mass is 16.3. The van der Waals surface area contributed by atoms with Gasteiger partial charge in [-0.2, -0.15) is 0 Å². The van der Waals surface area contributed by atoms with Crippen molar-refractivity contribution in [2.24, 2.45) is 0 Å². The van der Waals surface area contributed by atoms with E-state index in [9.17, 15) is 9.59 Å². The van der Waals surface area contributed by atoms with E-state index in [-0.39, 0.29) is 18.2 Å². The molecule has 0 saturated carbocycles. The molecule has 0 aliphatic carbocycles. The van der Waals surface area contributed by atoms with Gasteiger partial charge in [-0.15, -0.1) is 0 Å². The number of aryl methyl sites for hydroxylation is 3. The number of furan rings is 1. The van der Waals surface area contributed by atoms with Crippen LogP contribution in [0.3, 0.4) is 0 Å². The number of rotatable bonds is 4. The van der Waals surface area contributed by atoms with Gasteiger partial charge in [0.05, 0.1) is 23.9 Å². The van der Waals surface area contributed by atoms with E-state index in [1.54, 1.807) is 19.4 Å². The van der Waals surface area contributed by atoms with Crippen LogP contribution in [0.15, 0.2) is 41.0 Å². The van der Waals surface area contributed by atoms with Crippen LogP contribution in [-0.2, 0) is 11.2 Å². The van der Waals surface area contributed by atoms with Gasteiger partial charge in [0.2, 0.25) is 5.91 Å². The second-order valence-electron chi connectivity index (χ2n) is 6.50. The molecule has 2 amide bonds. The van der Waals surface area contributed by atoms with Gasteiger partial charge >= 0.3 is 0 Å². The van der Waals surface area contributed by atoms with Gasteiger partial charge in [0.25, 0.3) is 5.91 Å². The van der Waals surface area contributed by atoms with Gasteiger partial charge in [0, 0.05) is 18.0 Å². The lowest BCUT2D eigenvalue weighted by Crippen LogP contribution is -2.23. The van der Waals surface area contributed by atoms with Crippen molar-refractivity contribution in [3.8, 4) is 0 Å². The molecule has 134 valence electrons. The van der Waals surface area contributed by atoms with Crippen LogP contribution in [0, 0.1) is 20.8 Å². The second kappa shape index (κ2) is 7.04. The van der Waals surface area contributed by atoms with E-state index in [1.165, 1.54) is 0 Å². The van der Waals surface area contributed by atoms with Crippen molar-refractivity contribution in [3.63, 3.8) is 0 Å². The van der Waals surface area contributed by atoms with Gasteiger partial charge in [-0.25, -0.2) is 0 Å². The first-order valence-electron chi connectivity index (χ1n) is 8.49. The topological polar surface area (TPSA) is 71.3 Å². The number of hydrogen-bond acceptors (Lipinski definition) is 3. The lowest BCUT2D eigenvalue weighted by atomic mass is 10.0. The Morgan fingerprint density at radius 2 is 1.77 bits per heavy atom. The van der Waals surface area contributed by atoms with Crippen molar-refractivity contribution in [1.29, 1.82) is 0 Å². The maximum absolute atomic E-state index is 12.6. The molecule has 0 saturated heterocycles. The fourth-order valence-corrected chi connectivity index (χ4v) is 3.04. The first kappa shape index (κ1) is 17.7. The molecule has 0 aliphatic heterocycles. The van der Waals surface area contributed by atoms with Gasteiger partial charge in [-0.3, -0.25) is 9.59 Å². The molecule has 5 nitrogen and oxygen atoms in total. The molecule has 0 atom stereocenters. The normalized spacial score (nSPS) is 10.8. The van der Waals surface area contributed by atoms with Crippen molar-refractivity contribution in [1.82, 2.24) is 5.32 Å². The minimum absolute atomic E-state index is 0.177. The van der Waals surface area contributed by atoms with Crippen LogP contribution in [0.25, 0.3) is 11.0 Å². The quantitative estimate of drug-likeness (QED) is 0.750. The smallest absolute Gasteiger partial charge is 0.253 e. The third-order valence-corrected chi connectivity index (χ3v) is 4.62. The lowest BCUT2D eigenvalue weighted by Gasteiger charge is -2.12. The zero-order chi connectivity index (χ0) is 18.8. The highest BCUT2D eigenvalue weighted by Gasteiger charge is 2.16. The molecule has 0 bridgehead atoms. The van der Waals surface area contributed by atoms with Crippen LogP contribution >= 0.6 is 0 Å². The zero-order valence-electron chi connectivity index (χ0n) is 15.4. The molecule has 5 heteroatoms. The fraction of sp³-hybridized carbons (Fsp3) is 0.238. The van der Waals surface area contributed by atoms with Crippen LogP contribution < -0.4 is 10.6 Å². The zero-order valence-corrected chi connectivity index (χ0v) is 15.4. The van der Waals surface area contributed by atoms with Gasteiger partial charge in [0.15, 0.2) is 0 Å². The molecule has 0 radical (unpaired) electrons. The number of fused-ring (bicyclic) bond motifs is 1. The third kappa shape index (κ3) is 3.33. The Kier molecular flexibility index (Phi) is 4.80. The Bertz CT molecular complexity index is 1000. The summed E-state index contributed by atoms with van der Waals surface area (Å²) in [4.78, 5) is 24.7. The monoisotopic (exact) mass is 350 g/mol. The number of anilines is 1. The number of amides is 2. The third-order valence-electron chi connectivity index (χ3n) is 4.62. The number of carbonyl (C=O) groups excluding carboxylic acids is 2. The molecule has 0 aliphatic rings. The Balaban J connectivity index is 1.86. The van der Waals surface area contributed by atoms with Crippen LogP contribution in [0.4, 0.5) is 5.69 Å². The summed E-state index contributed by atoms with van der Waals surface area (Å²) in [5.74, 6) is -0.417. The predicted octanol–water partition coefficient (Wildman–Crippen LogP) is 3.90. The first-order chi connectivity index (χ1) is 12.4. The van der Waals surface area contributed by atoms with E-state index in [0.29, 0.717) is 11.3 Å². The molecule has 0 unspecified atom stereocenters. The molecule has 0 spiro atoms. The number of benzene rings is 2. The summed E-state index contributed by atoms with van der Waals surface area (Å²) in [5.41, 5.74) is 5.70. The summed E-state index contributed by atoms with van der Waals surface area (Å²) in [7, 11) is 1.57. The molecule has 1 aromatic heterocycles. The van der Waals surface area contributed by atoms with Gasteiger partial charge in [-0.05, 0) is 55.7 Å². The summed E-state index contributed by atoms with van der Waals surface area (Å²) < 4.78 is 5.59. The second-order valence-corrected chi connectivity index (χ2v) is 6.50. The molecular formula is C21H22N2O3. The summed E-state index contributed by atoms with van der Waals surface area (Å²) in [6.07, 6.45) is 1.80. The van der Waals surface area contributed by atoms with Gasteiger partial charge in [-0.1, -0.05) is 12.1 Å². The fourth-order valence-electron chi connectivity index (χ4n) is 3.04.